The van der Waals surface area contributed by atoms with Crippen molar-refractivity contribution >= 4 is 11.8 Å². The van der Waals surface area contributed by atoms with Crippen LogP contribution in [0.4, 0.5) is 0 Å². The largest absolute Gasteiger partial charge is 0.389 e. The molecule has 0 bridgehead atoms. The van der Waals surface area contributed by atoms with Gasteiger partial charge in [-0.15, -0.1) is 11.8 Å². The van der Waals surface area contributed by atoms with Crippen LogP contribution in [0.1, 0.15) is 13.8 Å². The molecule has 102 valence electrons. The third-order valence-corrected chi connectivity index (χ3v) is 3.86. The maximum absolute atomic E-state index is 9.82. The van der Waals surface area contributed by atoms with Crippen LogP contribution in [0.2, 0.25) is 0 Å². The van der Waals surface area contributed by atoms with Crippen molar-refractivity contribution in [1.82, 2.24) is 0 Å². The Kier molecular flexibility index (Phi) is 4.81. The van der Waals surface area contributed by atoms with Gasteiger partial charge in [0.25, 0.3) is 0 Å². The molecule has 1 saturated heterocycles. The average Bonchev–Trinajstić information content (AvgIpc) is 2.24. The zero-order chi connectivity index (χ0) is 13.4. The molecule has 0 aromatic rings. The SMILES string of the molecule is CSC1OC(C(N)C(C)(C)O)C(O)C(O)C1O. The fourth-order valence-corrected chi connectivity index (χ4v) is 2.45. The van der Waals surface area contributed by atoms with E-state index in [9.17, 15) is 20.4 Å². The molecule has 1 rings (SSSR count). The summed E-state index contributed by atoms with van der Waals surface area (Å²) in [5.41, 5.74) is 3.88. The maximum atomic E-state index is 9.82. The first kappa shape index (κ1) is 15.2. The second kappa shape index (κ2) is 5.40. The number of ether oxygens (including phenoxy) is 1. The summed E-state index contributed by atoms with van der Waals surface area (Å²) in [7, 11) is 0. The molecule has 0 spiro atoms. The van der Waals surface area contributed by atoms with Crippen LogP contribution in [0.25, 0.3) is 0 Å². The normalized spacial score (nSPS) is 41.3. The van der Waals surface area contributed by atoms with Gasteiger partial charge in [0.2, 0.25) is 0 Å². The van der Waals surface area contributed by atoms with Gasteiger partial charge >= 0.3 is 0 Å². The van der Waals surface area contributed by atoms with E-state index in [-0.39, 0.29) is 0 Å². The molecule has 0 amide bonds. The van der Waals surface area contributed by atoms with Crippen molar-refractivity contribution in [3.05, 3.63) is 0 Å². The van der Waals surface area contributed by atoms with Gasteiger partial charge in [-0.25, -0.2) is 0 Å². The van der Waals surface area contributed by atoms with Gasteiger partial charge in [-0.3, -0.25) is 0 Å². The lowest BCUT2D eigenvalue weighted by Crippen LogP contribution is -2.65. The van der Waals surface area contributed by atoms with Gasteiger partial charge in [0, 0.05) is 0 Å². The van der Waals surface area contributed by atoms with Crippen LogP contribution < -0.4 is 5.73 Å². The molecule has 0 saturated carbocycles. The molecule has 0 aromatic heterocycles. The monoisotopic (exact) mass is 267 g/mol. The van der Waals surface area contributed by atoms with E-state index in [1.54, 1.807) is 6.26 Å². The van der Waals surface area contributed by atoms with Crippen LogP contribution in [-0.4, -0.2) is 68.2 Å². The standard InChI is InChI=1S/C10H21NO5S/c1-10(2,15)8(11)7-5(13)4(12)6(14)9(16-7)17-3/h4-9,12-15H,11H2,1-3H3. The minimum Gasteiger partial charge on any atom is -0.389 e. The molecule has 0 aromatic carbocycles. The Morgan fingerprint density at radius 3 is 2.12 bits per heavy atom. The Hall–Kier alpha value is 0.110. The smallest absolute Gasteiger partial charge is 0.132 e. The first-order valence-corrected chi connectivity index (χ1v) is 6.69. The van der Waals surface area contributed by atoms with Crippen molar-refractivity contribution in [3.63, 3.8) is 0 Å². The summed E-state index contributed by atoms with van der Waals surface area (Å²) in [6.07, 6.45) is -3.05. The summed E-state index contributed by atoms with van der Waals surface area (Å²) in [6, 6.07) is -0.866. The summed E-state index contributed by atoms with van der Waals surface area (Å²) in [5.74, 6) is 0. The van der Waals surface area contributed by atoms with Crippen LogP contribution in [0, 0.1) is 0 Å². The summed E-state index contributed by atoms with van der Waals surface area (Å²) in [4.78, 5) is 0. The number of rotatable bonds is 3. The Labute approximate surface area is 105 Å². The zero-order valence-electron chi connectivity index (χ0n) is 10.1. The average molecular weight is 267 g/mol. The highest BCUT2D eigenvalue weighted by Gasteiger charge is 2.48. The number of aliphatic hydroxyl groups is 4. The number of aliphatic hydroxyl groups excluding tert-OH is 3. The lowest BCUT2D eigenvalue weighted by atomic mass is 9.87. The first-order valence-electron chi connectivity index (χ1n) is 5.40. The highest BCUT2D eigenvalue weighted by atomic mass is 32.2. The highest BCUT2D eigenvalue weighted by Crippen LogP contribution is 2.30. The molecule has 6 N–H and O–H groups in total. The Bertz CT molecular complexity index is 258. The van der Waals surface area contributed by atoms with Gasteiger partial charge in [0.15, 0.2) is 0 Å². The molecule has 17 heavy (non-hydrogen) atoms. The Morgan fingerprint density at radius 1 is 1.18 bits per heavy atom. The topological polar surface area (TPSA) is 116 Å². The molecular formula is C10H21NO5S. The molecule has 0 aliphatic carbocycles. The van der Waals surface area contributed by atoms with Crippen molar-refractivity contribution < 1.29 is 25.2 Å². The van der Waals surface area contributed by atoms with E-state index < -0.39 is 41.5 Å². The van der Waals surface area contributed by atoms with Gasteiger partial charge < -0.3 is 30.9 Å². The number of hydrogen-bond acceptors (Lipinski definition) is 7. The molecule has 7 heteroatoms. The van der Waals surface area contributed by atoms with E-state index >= 15 is 0 Å². The van der Waals surface area contributed by atoms with Crippen LogP contribution in [0.15, 0.2) is 0 Å². The van der Waals surface area contributed by atoms with Gasteiger partial charge in [-0.05, 0) is 20.1 Å². The Balaban J connectivity index is 2.86. The quantitative estimate of drug-likeness (QED) is 0.412. The molecule has 6 unspecified atom stereocenters. The van der Waals surface area contributed by atoms with E-state index in [1.807, 2.05) is 0 Å². The predicted molar refractivity (Wildman–Crippen MR) is 64.5 cm³/mol. The van der Waals surface area contributed by atoms with E-state index in [0.717, 1.165) is 0 Å². The molecule has 6 nitrogen and oxygen atoms in total. The van der Waals surface area contributed by atoms with Gasteiger partial charge in [-0.1, -0.05) is 0 Å². The molecular weight excluding hydrogens is 246 g/mol. The molecule has 1 fully saturated rings. The number of thioether (sulfide) groups is 1. The minimum absolute atomic E-state index is 0.674. The lowest BCUT2D eigenvalue weighted by molar-refractivity contribution is -0.213. The summed E-state index contributed by atoms with van der Waals surface area (Å²) in [5, 5.41) is 39.0. The third kappa shape index (κ3) is 3.11. The van der Waals surface area contributed by atoms with Crippen LogP contribution >= 0.6 is 11.8 Å². The maximum Gasteiger partial charge on any atom is 0.132 e. The van der Waals surface area contributed by atoms with Gasteiger partial charge in [0.1, 0.15) is 29.9 Å². The summed E-state index contributed by atoms with van der Waals surface area (Å²) >= 11 is 1.21. The number of nitrogens with two attached hydrogens (primary N) is 1. The van der Waals surface area contributed by atoms with Crippen LogP contribution in [0.5, 0.6) is 0 Å². The predicted octanol–water partition coefficient (Wildman–Crippen LogP) is -1.74. The highest BCUT2D eigenvalue weighted by molar-refractivity contribution is 7.99. The molecule has 1 aliphatic rings. The first-order chi connectivity index (χ1) is 7.70. The molecule has 0 radical (unpaired) electrons. The molecule has 6 atom stereocenters. The van der Waals surface area contributed by atoms with Crippen LogP contribution in [-0.2, 0) is 4.74 Å². The van der Waals surface area contributed by atoms with Crippen LogP contribution in [0.3, 0.4) is 0 Å². The third-order valence-electron chi connectivity index (χ3n) is 3.01. The fourth-order valence-electron chi connectivity index (χ4n) is 1.77. The second-order valence-corrected chi connectivity index (χ2v) is 5.79. The molecule has 1 heterocycles. The number of hydrogen-bond donors (Lipinski definition) is 5. The van der Waals surface area contributed by atoms with Crippen molar-refractivity contribution in [2.75, 3.05) is 6.26 Å². The Morgan fingerprint density at radius 2 is 1.71 bits per heavy atom. The van der Waals surface area contributed by atoms with E-state index in [1.165, 1.54) is 25.6 Å². The van der Waals surface area contributed by atoms with Crippen molar-refractivity contribution in [1.29, 1.82) is 0 Å². The lowest BCUT2D eigenvalue weighted by Gasteiger charge is -2.44. The minimum atomic E-state index is -1.33. The van der Waals surface area contributed by atoms with Crippen molar-refractivity contribution in [2.24, 2.45) is 5.73 Å². The van der Waals surface area contributed by atoms with Gasteiger partial charge in [0.05, 0.1) is 11.6 Å². The molecule has 1 aliphatic heterocycles. The van der Waals surface area contributed by atoms with Crippen molar-refractivity contribution in [3.8, 4) is 0 Å². The summed E-state index contributed by atoms with van der Waals surface area (Å²) in [6.45, 7) is 3.00. The van der Waals surface area contributed by atoms with Gasteiger partial charge in [-0.2, -0.15) is 0 Å². The van der Waals surface area contributed by atoms with E-state index in [0.29, 0.717) is 0 Å². The fraction of sp³-hybridized carbons (Fsp3) is 1.00. The van der Waals surface area contributed by atoms with Crippen molar-refractivity contribution in [2.45, 2.75) is 55.3 Å². The van der Waals surface area contributed by atoms with E-state index in [4.69, 9.17) is 10.5 Å². The zero-order valence-corrected chi connectivity index (χ0v) is 11.0. The summed E-state index contributed by atoms with van der Waals surface area (Å²) < 4.78 is 5.44. The van der Waals surface area contributed by atoms with E-state index in [2.05, 4.69) is 0 Å². The second-order valence-electron chi connectivity index (χ2n) is 4.86.